The second-order valence-corrected chi connectivity index (χ2v) is 7.46. The van der Waals surface area contributed by atoms with Crippen molar-refractivity contribution in [2.45, 2.75) is 31.2 Å². The first-order valence-corrected chi connectivity index (χ1v) is 9.33. The van der Waals surface area contributed by atoms with Crippen LogP contribution in [0.15, 0.2) is 48.5 Å². The van der Waals surface area contributed by atoms with Crippen molar-refractivity contribution in [2.24, 2.45) is 5.73 Å². The normalized spacial score (nSPS) is 16.7. The van der Waals surface area contributed by atoms with Crippen LogP contribution in [0.5, 0.6) is 0 Å². The Morgan fingerprint density at radius 3 is 2.40 bits per heavy atom. The first kappa shape index (κ1) is 18.2. The van der Waals surface area contributed by atoms with Crippen molar-refractivity contribution in [1.29, 1.82) is 0 Å². The highest BCUT2D eigenvalue weighted by molar-refractivity contribution is 6.30. The van der Waals surface area contributed by atoms with Crippen LogP contribution < -0.4 is 5.73 Å². The van der Waals surface area contributed by atoms with Crippen molar-refractivity contribution in [2.75, 3.05) is 13.1 Å². The number of halogens is 2. The van der Waals surface area contributed by atoms with Gasteiger partial charge in [-0.15, -0.1) is 0 Å². The fourth-order valence-corrected chi connectivity index (χ4v) is 3.71. The summed E-state index contributed by atoms with van der Waals surface area (Å²) < 4.78 is 0. The van der Waals surface area contributed by atoms with E-state index in [1.54, 1.807) is 0 Å². The third kappa shape index (κ3) is 4.75. The number of hydrogen-bond donors (Lipinski definition) is 1. The molecule has 0 radical (unpaired) electrons. The molecule has 1 unspecified atom stereocenters. The SMILES string of the molecule is NC(Cc1ccc(Cl)cc1)C(=O)N1CCC(c2cccc(Cl)c2)CC1. The minimum absolute atomic E-state index is 0.0273. The van der Waals surface area contributed by atoms with Crippen LogP contribution in [-0.4, -0.2) is 29.9 Å². The molecule has 5 heteroatoms. The fraction of sp³-hybridized carbons (Fsp3) is 0.350. The average molecular weight is 377 g/mol. The number of piperidine rings is 1. The number of nitrogens with two attached hydrogens (primary N) is 1. The standard InChI is InChI=1S/C20H22Cl2N2O/c21-17-6-4-14(5-7-17)12-19(23)20(25)24-10-8-15(9-11-24)16-2-1-3-18(22)13-16/h1-7,13,15,19H,8-12,23H2. The Labute approximate surface area is 158 Å². The van der Waals surface area contributed by atoms with Gasteiger partial charge in [-0.1, -0.05) is 47.5 Å². The van der Waals surface area contributed by atoms with Gasteiger partial charge in [0.25, 0.3) is 0 Å². The number of hydrogen-bond acceptors (Lipinski definition) is 2. The molecule has 0 aromatic heterocycles. The van der Waals surface area contributed by atoms with E-state index < -0.39 is 6.04 Å². The third-order valence-electron chi connectivity index (χ3n) is 4.81. The van der Waals surface area contributed by atoms with Crippen molar-refractivity contribution in [3.63, 3.8) is 0 Å². The molecule has 2 N–H and O–H groups in total. The number of carbonyl (C=O) groups excluding carboxylic acids is 1. The molecule has 1 atom stereocenters. The van der Waals surface area contributed by atoms with Crippen molar-refractivity contribution >= 4 is 29.1 Å². The van der Waals surface area contributed by atoms with Crippen molar-refractivity contribution in [3.8, 4) is 0 Å². The molecule has 2 aromatic carbocycles. The van der Waals surface area contributed by atoms with Crippen molar-refractivity contribution < 1.29 is 4.79 Å². The molecule has 1 aliphatic heterocycles. The van der Waals surface area contributed by atoms with Crippen LogP contribution in [0.25, 0.3) is 0 Å². The van der Waals surface area contributed by atoms with Gasteiger partial charge in [-0.25, -0.2) is 0 Å². The van der Waals surface area contributed by atoms with Crippen molar-refractivity contribution in [3.05, 3.63) is 69.7 Å². The van der Waals surface area contributed by atoms with Gasteiger partial charge in [-0.2, -0.15) is 0 Å². The Bertz CT molecular complexity index is 725. The molecule has 2 aromatic rings. The predicted molar refractivity (Wildman–Crippen MR) is 103 cm³/mol. The van der Waals surface area contributed by atoms with Crippen LogP contribution in [0.1, 0.15) is 29.9 Å². The molecule has 25 heavy (non-hydrogen) atoms. The lowest BCUT2D eigenvalue weighted by molar-refractivity contribution is -0.133. The topological polar surface area (TPSA) is 46.3 Å². The number of benzene rings is 2. The second kappa shape index (κ2) is 8.22. The van der Waals surface area contributed by atoms with E-state index >= 15 is 0 Å². The molecule has 0 bridgehead atoms. The summed E-state index contributed by atoms with van der Waals surface area (Å²) in [5.41, 5.74) is 8.42. The number of nitrogens with zero attached hydrogens (tertiary/aromatic N) is 1. The summed E-state index contributed by atoms with van der Waals surface area (Å²) in [5.74, 6) is 0.481. The maximum atomic E-state index is 12.6. The number of rotatable bonds is 4. The van der Waals surface area contributed by atoms with Crippen LogP contribution in [0.3, 0.4) is 0 Å². The Hall–Kier alpha value is -1.55. The number of likely N-dealkylation sites (tertiary alicyclic amines) is 1. The van der Waals surface area contributed by atoms with E-state index in [1.807, 2.05) is 47.4 Å². The molecule has 1 aliphatic rings. The van der Waals surface area contributed by atoms with Crippen molar-refractivity contribution in [1.82, 2.24) is 4.90 Å². The first-order valence-electron chi connectivity index (χ1n) is 8.57. The smallest absolute Gasteiger partial charge is 0.239 e. The summed E-state index contributed by atoms with van der Waals surface area (Å²) in [6.07, 6.45) is 2.42. The van der Waals surface area contributed by atoms with Gasteiger partial charge in [0.05, 0.1) is 6.04 Å². The highest BCUT2D eigenvalue weighted by atomic mass is 35.5. The van der Waals surface area contributed by atoms with Gasteiger partial charge in [-0.05, 0) is 60.6 Å². The van der Waals surface area contributed by atoms with E-state index in [9.17, 15) is 4.79 Å². The summed E-state index contributed by atoms with van der Waals surface area (Å²) in [6.45, 7) is 1.48. The van der Waals surface area contributed by atoms with Crippen LogP contribution in [0, 0.1) is 0 Å². The minimum atomic E-state index is -0.510. The number of carbonyl (C=O) groups is 1. The van der Waals surface area contributed by atoms with E-state index in [1.165, 1.54) is 5.56 Å². The molecule has 0 aliphatic carbocycles. The van der Waals surface area contributed by atoms with Gasteiger partial charge >= 0.3 is 0 Å². The molecule has 1 amide bonds. The van der Waals surface area contributed by atoms with Gasteiger partial charge in [0.2, 0.25) is 5.91 Å². The lowest BCUT2D eigenvalue weighted by Gasteiger charge is -2.33. The summed E-state index contributed by atoms with van der Waals surface area (Å²) in [4.78, 5) is 14.5. The lowest BCUT2D eigenvalue weighted by atomic mass is 9.89. The molecular weight excluding hydrogens is 355 g/mol. The van der Waals surface area contributed by atoms with Gasteiger partial charge in [0.15, 0.2) is 0 Å². The van der Waals surface area contributed by atoms with Crippen LogP contribution in [0.2, 0.25) is 10.0 Å². The Balaban J connectivity index is 1.54. The Morgan fingerprint density at radius 1 is 1.08 bits per heavy atom. The molecule has 3 rings (SSSR count). The molecule has 0 spiro atoms. The quantitative estimate of drug-likeness (QED) is 0.865. The predicted octanol–water partition coefficient (Wildman–Crippen LogP) is 4.27. The van der Waals surface area contributed by atoms with Crippen LogP contribution in [-0.2, 0) is 11.2 Å². The first-order chi connectivity index (χ1) is 12.0. The average Bonchev–Trinajstić information content (AvgIpc) is 2.63. The largest absolute Gasteiger partial charge is 0.341 e. The van der Waals surface area contributed by atoms with Gasteiger partial charge < -0.3 is 10.6 Å². The molecule has 132 valence electrons. The summed E-state index contributed by atoms with van der Waals surface area (Å²) in [7, 11) is 0. The monoisotopic (exact) mass is 376 g/mol. The third-order valence-corrected chi connectivity index (χ3v) is 5.30. The van der Waals surface area contributed by atoms with E-state index in [0.717, 1.165) is 36.5 Å². The minimum Gasteiger partial charge on any atom is -0.341 e. The summed E-state index contributed by atoms with van der Waals surface area (Å²) >= 11 is 12.0. The second-order valence-electron chi connectivity index (χ2n) is 6.59. The van der Waals surface area contributed by atoms with Gasteiger partial charge in [-0.3, -0.25) is 4.79 Å². The Morgan fingerprint density at radius 2 is 1.76 bits per heavy atom. The maximum absolute atomic E-state index is 12.6. The van der Waals surface area contributed by atoms with E-state index in [-0.39, 0.29) is 5.91 Å². The zero-order chi connectivity index (χ0) is 17.8. The van der Waals surface area contributed by atoms with E-state index in [4.69, 9.17) is 28.9 Å². The summed E-state index contributed by atoms with van der Waals surface area (Å²) in [6, 6.07) is 15.0. The van der Waals surface area contributed by atoms with E-state index in [2.05, 4.69) is 6.07 Å². The molecule has 0 saturated carbocycles. The lowest BCUT2D eigenvalue weighted by Crippen LogP contribution is -2.47. The highest BCUT2D eigenvalue weighted by Crippen LogP contribution is 2.29. The Kier molecular flexibility index (Phi) is 6.00. The van der Waals surface area contributed by atoms with E-state index in [0.29, 0.717) is 17.4 Å². The molecule has 1 heterocycles. The van der Waals surface area contributed by atoms with Gasteiger partial charge in [0, 0.05) is 23.1 Å². The number of amides is 1. The highest BCUT2D eigenvalue weighted by Gasteiger charge is 2.27. The molecule has 3 nitrogen and oxygen atoms in total. The zero-order valence-electron chi connectivity index (χ0n) is 14.0. The molecule has 1 fully saturated rings. The fourth-order valence-electron chi connectivity index (χ4n) is 3.39. The van der Waals surface area contributed by atoms with Crippen LogP contribution in [0.4, 0.5) is 0 Å². The maximum Gasteiger partial charge on any atom is 0.239 e. The van der Waals surface area contributed by atoms with Gasteiger partial charge in [0.1, 0.15) is 0 Å². The molecular formula is C20H22Cl2N2O. The van der Waals surface area contributed by atoms with Crippen LogP contribution >= 0.6 is 23.2 Å². The molecule has 1 saturated heterocycles. The zero-order valence-corrected chi connectivity index (χ0v) is 15.5. The summed E-state index contributed by atoms with van der Waals surface area (Å²) in [5, 5.41) is 1.45.